The molecule has 9 heteroatoms. The molecular weight excluding hydrogens is 354 g/mol. The molecule has 7 nitrogen and oxygen atoms in total. The fourth-order valence-corrected chi connectivity index (χ4v) is 5.25. The smallest absolute Gasteiger partial charge is 0.422 e. The van der Waals surface area contributed by atoms with E-state index in [0.717, 1.165) is 0 Å². The molecule has 0 amide bonds. The minimum Gasteiger partial charge on any atom is -0.422 e. The number of rotatable bonds is 8. The van der Waals surface area contributed by atoms with Crippen molar-refractivity contribution in [3.8, 4) is 5.75 Å². The van der Waals surface area contributed by atoms with Gasteiger partial charge < -0.3 is 9.63 Å². The standard InChI is InChI=1S/C15H24O7P2/c1-11(2)9-23(17,18)10-15(16)21-13-7-5-6-8-14(13)24(19,20)22-12(3)4/h5-8,11-12,19-20H,9-10H2,1-4H3/p+1. The maximum absolute atomic E-state index is 12.0. The van der Waals surface area contributed by atoms with Crippen molar-refractivity contribution >= 4 is 26.6 Å². The summed E-state index contributed by atoms with van der Waals surface area (Å²) in [7, 11) is -7.57. The van der Waals surface area contributed by atoms with E-state index in [9.17, 15) is 24.0 Å². The SMILES string of the molecule is CC(C)CP(=O)(O)CC(=O)Oc1ccccc1[P+](O)(O)OC(C)C. The lowest BCUT2D eigenvalue weighted by Crippen LogP contribution is -2.23. The van der Waals surface area contributed by atoms with Crippen LogP contribution in [0.25, 0.3) is 0 Å². The number of benzene rings is 1. The molecule has 0 saturated heterocycles. The summed E-state index contributed by atoms with van der Waals surface area (Å²) in [4.78, 5) is 42.1. The number of carbonyl (C=O) groups is 1. The van der Waals surface area contributed by atoms with Crippen molar-refractivity contribution in [3.63, 3.8) is 0 Å². The van der Waals surface area contributed by atoms with Crippen LogP contribution in [-0.4, -0.2) is 39.1 Å². The monoisotopic (exact) mass is 379 g/mol. The molecule has 0 heterocycles. The summed E-state index contributed by atoms with van der Waals surface area (Å²) in [5, 5.41) is -0.0521. The molecule has 136 valence electrons. The first-order chi connectivity index (χ1) is 10.9. The molecule has 1 atom stereocenters. The molecule has 0 spiro atoms. The van der Waals surface area contributed by atoms with Crippen LogP contribution >= 0.6 is 15.3 Å². The molecule has 1 aromatic rings. The third-order valence-corrected chi connectivity index (χ3v) is 6.55. The van der Waals surface area contributed by atoms with E-state index in [-0.39, 0.29) is 23.1 Å². The summed E-state index contributed by atoms with van der Waals surface area (Å²) in [6.45, 7) is 6.85. The Bertz CT molecular complexity index is 614. The fraction of sp³-hybridized carbons (Fsp3) is 0.533. The van der Waals surface area contributed by atoms with Crippen molar-refractivity contribution in [2.45, 2.75) is 33.8 Å². The predicted octanol–water partition coefficient (Wildman–Crippen LogP) is 2.32. The van der Waals surface area contributed by atoms with Crippen molar-refractivity contribution < 1.29 is 33.3 Å². The lowest BCUT2D eigenvalue weighted by Gasteiger charge is -2.16. The van der Waals surface area contributed by atoms with E-state index < -0.39 is 33.5 Å². The summed E-state index contributed by atoms with van der Waals surface area (Å²) in [6.07, 6.45) is -1.06. The molecular formula is C15H25O7P2+. The summed E-state index contributed by atoms with van der Waals surface area (Å²) >= 11 is 0. The number of hydrogen-bond acceptors (Lipinski definition) is 6. The molecule has 0 aliphatic carbocycles. The van der Waals surface area contributed by atoms with E-state index in [1.807, 2.05) is 0 Å². The van der Waals surface area contributed by atoms with Crippen molar-refractivity contribution in [3.05, 3.63) is 24.3 Å². The van der Waals surface area contributed by atoms with Crippen LogP contribution in [-0.2, 0) is 13.9 Å². The van der Waals surface area contributed by atoms with Crippen LogP contribution in [0.5, 0.6) is 5.75 Å². The van der Waals surface area contributed by atoms with Gasteiger partial charge in [-0.1, -0.05) is 26.0 Å². The summed E-state index contributed by atoms with van der Waals surface area (Å²) in [5.41, 5.74) is 0. The Hall–Kier alpha value is -0.810. The molecule has 0 bridgehead atoms. The van der Waals surface area contributed by atoms with Crippen LogP contribution in [0.3, 0.4) is 0 Å². The zero-order valence-corrected chi connectivity index (χ0v) is 16.0. The van der Waals surface area contributed by atoms with Gasteiger partial charge in [0.1, 0.15) is 12.3 Å². The van der Waals surface area contributed by atoms with Crippen LogP contribution in [0.4, 0.5) is 0 Å². The Morgan fingerprint density at radius 1 is 1.21 bits per heavy atom. The second-order valence-corrected chi connectivity index (χ2v) is 10.4. The summed E-state index contributed by atoms with van der Waals surface area (Å²) in [6, 6.07) is 5.86. The minimum absolute atomic E-state index is 0.0111. The Morgan fingerprint density at radius 3 is 2.33 bits per heavy atom. The summed E-state index contributed by atoms with van der Waals surface area (Å²) in [5.74, 6) is -1.03. The minimum atomic E-state index is -3.93. The van der Waals surface area contributed by atoms with Gasteiger partial charge >= 0.3 is 13.9 Å². The van der Waals surface area contributed by atoms with Gasteiger partial charge in [-0.2, -0.15) is 14.3 Å². The average Bonchev–Trinajstić information content (AvgIpc) is 2.34. The van der Waals surface area contributed by atoms with E-state index in [0.29, 0.717) is 0 Å². The van der Waals surface area contributed by atoms with Crippen LogP contribution in [0.15, 0.2) is 24.3 Å². The van der Waals surface area contributed by atoms with Crippen LogP contribution in [0, 0.1) is 5.92 Å². The van der Waals surface area contributed by atoms with Gasteiger partial charge in [0.15, 0.2) is 5.75 Å². The van der Waals surface area contributed by atoms with Gasteiger partial charge in [0.05, 0.1) is 0 Å². The Labute approximate surface area is 142 Å². The molecule has 0 fully saturated rings. The largest absolute Gasteiger partial charge is 0.447 e. The highest BCUT2D eigenvalue weighted by molar-refractivity contribution is 7.67. The van der Waals surface area contributed by atoms with Gasteiger partial charge in [-0.15, -0.1) is 0 Å². The van der Waals surface area contributed by atoms with Crippen molar-refractivity contribution in [2.75, 3.05) is 12.3 Å². The zero-order valence-electron chi connectivity index (χ0n) is 14.2. The van der Waals surface area contributed by atoms with Gasteiger partial charge in [-0.25, -0.2) is 0 Å². The third kappa shape index (κ3) is 6.98. The number of hydrogen-bond donors (Lipinski definition) is 3. The van der Waals surface area contributed by atoms with E-state index in [4.69, 9.17) is 9.26 Å². The van der Waals surface area contributed by atoms with Gasteiger partial charge in [0.25, 0.3) is 0 Å². The van der Waals surface area contributed by atoms with Crippen LogP contribution < -0.4 is 10.0 Å². The van der Waals surface area contributed by atoms with Crippen molar-refractivity contribution in [1.29, 1.82) is 0 Å². The second-order valence-electron chi connectivity index (χ2n) is 6.22. The fourth-order valence-electron chi connectivity index (χ4n) is 2.13. The van der Waals surface area contributed by atoms with Crippen LogP contribution in [0.2, 0.25) is 0 Å². The Kier molecular flexibility index (Phi) is 7.54. The maximum atomic E-state index is 12.0. The molecule has 0 aromatic heterocycles. The number of esters is 1. The first-order valence-electron chi connectivity index (χ1n) is 7.57. The quantitative estimate of drug-likeness (QED) is 0.361. The molecule has 0 aliphatic heterocycles. The van der Waals surface area contributed by atoms with E-state index in [2.05, 4.69) is 0 Å². The Balaban J connectivity index is 2.93. The third-order valence-electron chi connectivity index (χ3n) is 2.79. The highest BCUT2D eigenvalue weighted by Gasteiger charge is 2.44. The van der Waals surface area contributed by atoms with Gasteiger partial charge in [-0.3, -0.25) is 9.36 Å². The normalized spacial score (nSPS) is 14.7. The number of para-hydroxylation sites is 1. The average molecular weight is 379 g/mol. The Morgan fingerprint density at radius 2 is 1.79 bits per heavy atom. The molecule has 1 aromatic carbocycles. The predicted molar refractivity (Wildman–Crippen MR) is 93.7 cm³/mol. The van der Waals surface area contributed by atoms with Gasteiger partial charge in [0, 0.05) is 6.16 Å². The molecule has 1 rings (SSSR count). The first-order valence-corrected chi connectivity index (χ1v) is 11.2. The lowest BCUT2D eigenvalue weighted by molar-refractivity contribution is -0.131. The molecule has 3 N–H and O–H groups in total. The van der Waals surface area contributed by atoms with E-state index >= 15 is 0 Å². The molecule has 0 radical (unpaired) electrons. The van der Waals surface area contributed by atoms with Gasteiger partial charge in [-0.05, 0) is 31.9 Å². The summed E-state index contributed by atoms with van der Waals surface area (Å²) < 4.78 is 22.2. The molecule has 1 unspecified atom stereocenters. The maximum Gasteiger partial charge on any atom is 0.447 e. The molecule has 0 saturated carbocycles. The van der Waals surface area contributed by atoms with E-state index in [1.54, 1.807) is 39.8 Å². The highest BCUT2D eigenvalue weighted by atomic mass is 31.2. The molecule has 24 heavy (non-hydrogen) atoms. The van der Waals surface area contributed by atoms with E-state index in [1.165, 1.54) is 12.1 Å². The number of ether oxygens (including phenoxy) is 1. The second kappa shape index (κ2) is 8.52. The van der Waals surface area contributed by atoms with Gasteiger partial charge in [0.2, 0.25) is 12.7 Å². The number of carbonyl (C=O) groups excluding carboxylic acids is 1. The first kappa shape index (κ1) is 21.2. The molecule has 0 aliphatic rings. The zero-order chi connectivity index (χ0) is 18.5. The topological polar surface area (TPSA) is 113 Å². The lowest BCUT2D eigenvalue weighted by atomic mass is 10.3. The highest BCUT2D eigenvalue weighted by Crippen LogP contribution is 2.53. The van der Waals surface area contributed by atoms with Crippen LogP contribution in [0.1, 0.15) is 27.7 Å². The van der Waals surface area contributed by atoms with Crippen molar-refractivity contribution in [2.24, 2.45) is 5.92 Å². The van der Waals surface area contributed by atoms with Crippen molar-refractivity contribution in [1.82, 2.24) is 0 Å².